The summed E-state index contributed by atoms with van der Waals surface area (Å²) in [6, 6.07) is 29.2. The monoisotopic (exact) mass is 906 g/mol. The number of hydrogen-bond acceptors (Lipinski definition) is 2. The molecule has 0 saturated carbocycles. The van der Waals surface area contributed by atoms with Gasteiger partial charge in [0.1, 0.15) is 0 Å². The predicted octanol–water partition coefficient (Wildman–Crippen LogP) is 15.8. The Hall–Kier alpha value is -2.56. The minimum Gasteiger partial charge on any atom is -0.147 e. The Morgan fingerprint density at radius 2 is 0.839 bits per heavy atom. The number of allylic oxidation sites excluding steroid dienone is 2. The number of thiophene rings is 2. The Morgan fingerprint density at radius 3 is 1.14 bits per heavy atom. The summed E-state index contributed by atoms with van der Waals surface area (Å²) in [5, 5.41) is 0. The molecule has 2 atom stereocenters. The van der Waals surface area contributed by atoms with Crippen LogP contribution in [0.3, 0.4) is 0 Å². The third-order valence-electron chi connectivity index (χ3n) is 12.0. The summed E-state index contributed by atoms with van der Waals surface area (Å²) in [6.45, 7) is 28.4. The van der Waals surface area contributed by atoms with Gasteiger partial charge in [-0.2, -0.15) is 0 Å². The van der Waals surface area contributed by atoms with Crippen LogP contribution in [0.15, 0.2) is 72.8 Å². The molecule has 2 aliphatic rings. The molecule has 288 valence electrons. The first-order chi connectivity index (χ1) is 25.7. The van der Waals surface area contributed by atoms with E-state index in [4.69, 9.17) is 0 Å². The van der Waals surface area contributed by atoms with Gasteiger partial charge in [0.2, 0.25) is 0 Å². The third kappa shape index (κ3) is 7.58. The molecule has 0 amide bonds. The van der Waals surface area contributed by atoms with Gasteiger partial charge < -0.3 is 0 Å². The van der Waals surface area contributed by atoms with Crippen LogP contribution in [-0.2, 0) is 20.4 Å². The van der Waals surface area contributed by atoms with Crippen LogP contribution in [0.2, 0.25) is 13.1 Å². The minimum atomic E-state index is -2.57. The number of hydrogen-bond donors (Lipinski definition) is 0. The van der Waals surface area contributed by atoms with Crippen LogP contribution in [0.4, 0.5) is 0 Å². The Labute approximate surface area is 364 Å². The van der Waals surface area contributed by atoms with Gasteiger partial charge in [-0.15, -0.1) is 24.8 Å². The molecule has 6 heteroatoms. The Kier molecular flexibility index (Phi) is 12.8. The molecule has 0 aliphatic heterocycles. The maximum atomic E-state index is 2.68. The van der Waals surface area contributed by atoms with E-state index in [1.54, 1.807) is 22.3 Å². The number of halogens is 2. The molecule has 4 aromatic carbocycles. The van der Waals surface area contributed by atoms with E-state index in [9.17, 15) is 0 Å². The van der Waals surface area contributed by atoms with E-state index in [2.05, 4.69) is 167 Å². The Balaban J connectivity index is 0.00000266. The largest absolute Gasteiger partial charge is 0.147 e. The van der Waals surface area contributed by atoms with Gasteiger partial charge in [-0.1, -0.05) is 0 Å². The summed E-state index contributed by atoms with van der Waals surface area (Å²) in [4.78, 5) is 5.75. The molecule has 0 bridgehead atoms. The number of benzene rings is 4. The molecule has 0 radical (unpaired) electrons. The van der Waals surface area contributed by atoms with Gasteiger partial charge in [-0.05, 0) is 0 Å². The molecule has 2 aromatic heterocycles. The molecule has 0 fully saturated rings. The zero-order chi connectivity index (χ0) is 38.3. The van der Waals surface area contributed by atoms with E-state index >= 15 is 0 Å². The van der Waals surface area contributed by atoms with Crippen molar-refractivity contribution in [1.29, 1.82) is 0 Å². The van der Waals surface area contributed by atoms with Crippen molar-refractivity contribution in [1.82, 2.24) is 0 Å². The molecule has 2 unspecified atom stereocenters. The van der Waals surface area contributed by atoms with E-state index in [0.29, 0.717) is 7.25 Å². The van der Waals surface area contributed by atoms with Crippen molar-refractivity contribution in [2.75, 3.05) is 0 Å². The van der Waals surface area contributed by atoms with Crippen LogP contribution in [0, 0.1) is 69.2 Å². The van der Waals surface area contributed by atoms with Crippen molar-refractivity contribution < 1.29 is 20.4 Å². The maximum absolute atomic E-state index is 2.68. The molecular weight excluding hydrogens is 855 g/mol. The maximum Gasteiger partial charge on any atom is -0.147 e. The molecule has 56 heavy (non-hydrogen) atoms. The normalized spacial score (nSPS) is 15.4. The molecule has 2 heterocycles. The molecular formula is C50H54Cl2S2SiZr. The van der Waals surface area contributed by atoms with Gasteiger partial charge in [-0.3, -0.25) is 0 Å². The average Bonchev–Trinajstić information content (AvgIpc) is 3.88. The van der Waals surface area contributed by atoms with Gasteiger partial charge in [0.25, 0.3) is 0 Å². The van der Waals surface area contributed by atoms with E-state index in [1.165, 1.54) is 97.4 Å². The zero-order valence-electron chi connectivity index (χ0n) is 34.9. The van der Waals surface area contributed by atoms with Gasteiger partial charge in [0.05, 0.1) is 0 Å². The molecule has 0 N–H and O–H groups in total. The van der Waals surface area contributed by atoms with E-state index in [-0.39, 0.29) is 24.8 Å². The summed E-state index contributed by atoms with van der Waals surface area (Å²) >= 11 is 1.43. The number of aryl methyl sites for hydroxylation is 8. The fraction of sp³-hybridized carbons (Fsp3) is 0.280. The molecule has 2 aliphatic carbocycles. The average molecular weight is 909 g/mol. The second kappa shape index (κ2) is 16.6. The van der Waals surface area contributed by atoms with Gasteiger partial charge in [-0.25, -0.2) is 0 Å². The van der Waals surface area contributed by atoms with Gasteiger partial charge in [0, 0.05) is 0 Å². The summed E-state index contributed by atoms with van der Waals surface area (Å²) < 4.78 is 0.972. The second-order valence-electron chi connectivity index (χ2n) is 16.5. The van der Waals surface area contributed by atoms with Crippen molar-refractivity contribution in [3.05, 3.63) is 159 Å². The van der Waals surface area contributed by atoms with E-state index in [0.717, 1.165) is 0 Å². The van der Waals surface area contributed by atoms with Crippen molar-refractivity contribution in [3.63, 3.8) is 0 Å². The first-order valence-corrected chi connectivity index (χ1v) is 30.1. The molecule has 0 spiro atoms. The first-order valence-electron chi connectivity index (χ1n) is 19.4. The first kappa shape index (κ1) is 43.0. The van der Waals surface area contributed by atoms with Crippen LogP contribution in [0.25, 0.3) is 45.6 Å². The number of rotatable bonds is 6. The van der Waals surface area contributed by atoms with Crippen LogP contribution in [0.5, 0.6) is 0 Å². The van der Waals surface area contributed by atoms with Gasteiger partial charge >= 0.3 is 343 Å². The summed E-state index contributed by atoms with van der Waals surface area (Å²) in [6.07, 6.45) is 5.35. The van der Waals surface area contributed by atoms with Gasteiger partial charge in [0.15, 0.2) is 0 Å². The van der Waals surface area contributed by atoms with Crippen molar-refractivity contribution in [2.24, 2.45) is 0 Å². The summed E-state index contributed by atoms with van der Waals surface area (Å²) in [5.41, 5.74) is 25.4. The van der Waals surface area contributed by atoms with Crippen molar-refractivity contribution >= 4 is 76.2 Å². The molecule has 0 nitrogen and oxygen atoms in total. The van der Waals surface area contributed by atoms with Crippen LogP contribution in [0.1, 0.15) is 93.5 Å². The standard InChI is InChI=1S/2C24H23S.C2H6Si.2ClH.Zr/c2*1-14-8-15(2)10-21(9-14)24-18(5)16(3)11-19-12-20(13-22(19)24)23-7-6-17(4)25-23;1-3-2;;;/h2*6-13H,1-5H3;1-2H3;2*1H;. The Bertz CT molecular complexity index is 2430. The smallest absolute Gasteiger partial charge is 0.147 e. The van der Waals surface area contributed by atoms with Crippen molar-refractivity contribution in [3.8, 4) is 22.3 Å². The zero-order valence-corrected chi connectivity index (χ0v) is 41.6. The molecule has 0 saturated heterocycles. The van der Waals surface area contributed by atoms with Crippen LogP contribution < -0.4 is 0 Å². The molecule has 8 rings (SSSR count). The third-order valence-corrected chi connectivity index (χ3v) is 33.3. The quantitative estimate of drug-likeness (QED) is 0.146. The van der Waals surface area contributed by atoms with Crippen LogP contribution in [-0.4, -0.2) is 5.43 Å². The van der Waals surface area contributed by atoms with E-state index in [1.807, 2.05) is 22.7 Å². The topological polar surface area (TPSA) is 0 Å². The Morgan fingerprint density at radius 1 is 0.482 bits per heavy atom. The van der Waals surface area contributed by atoms with Crippen LogP contribution >= 0.6 is 47.5 Å². The number of fused-ring (bicyclic) bond motifs is 2. The minimum absolute atomic E-state index is 0. The second-order valence-corrected chi connectivity index (χ2v) is 36.9. The summed E-state index contributed by atoms with van der Waals surface area (Å²) in [7, 11) is 0. The van der Waals surface area contributed by atoms with E-state index < -0.39 is 25.8 Å². The fourth-order valence-electron chi connectivity index (χ4n) is 9.53. The van der Waals surface area contributed by atoms with Crippen molar-refractivity contribution in [2.45, 2.75) is 89.6 Å². The SMILES string of the molecule is Cc1cc(C)cc(-c2c(C)c(C)cc3c2C=C(c2ccc(C)s2)[CH]3[Zr]([CH]2C(c3ccc(C)s3)=Cc3c2cc(C)c(C)c3-c2cc(C)cc(C)c2)=[Si](C)C)c1.Cl.Cl. The predicted molar refractivity (Wildman–Crippen MR) is 253 cm³/mol. The fourth-order valence-corrected chi connectivity index (χ4v) is 31.7. The summed E-state index contributed by atoms with van der Waals surface area (Å²) in [5.74, 6) is 0. The molecule has 6 aromatic rings.